The van der Waals surface area contributed by atoms with Gasteiger partial charge in [0, 0.05) is 18.8 Å². The smallest absolute Gasteiger partial charge is 0.207 e. The first-order chi connectivity index (χ1) is 7.83. The summed E-state index contributed by atoms with van der Waals surface area (Å²) in [4.78, 5) is 0. The molecule has 2 aliphatic heterocycles. The molecule has 1 saturated carbocycles. The zero-order valence-corrected chi connectivity index (χ0v) is 11.5. The molecule has 0 aromatic rings. The third-order valence-electron chi connectivity index (χ3n) is 5.14. The molecule has 96 valence electrons. The van der Waals surface area contributed by atoms with Gasteiger partial charge >= 0.3 is 0 Å². The summed E-state index contributed by atoms with van der Waals surface area (Å²) in [7, 11) is 0. The molecular weight excluding hydrogens is 212 g/mol. The van der Waals surface area contributed by atoms with Gasteiger partial charge in [-0.05, 0) is 36.7 Å². The van der Waals surface area contributed by atoms with E-state index in [2.05, 4.69) is 27.7 Å². The average Bonchev–Trinajstić information content (AvgIpc) is 2.59. The summed E-state index contributed by atoms with van der Waals surface area (Å²) in [5.41, 5.74) is 2.10. The van der Waals surface area contributed by atoms with E-state index in [9.17, 15) is 0 Å². The second-order valence-corrected chi connectivity index (χ2v) is 7.30. The zero-order chi connectivity index (χ0) is 12.3. The van der Waals surface area contributed by atoms with E-state index >= 15 is 0 Å². The second kappa shape index (κ2) is 3.28. The van der Waals surface area contributed by atoms with Crippen LogP contribution in [0, 0.1) is 10.8 Å². The Bertz CT molecular complexity index is 371. The molecule has 2 fully saturated rings. The minimum absolute atomic E-state index is 0.212. The van der Waals surface area contributed by atoms with E-state index in [1.54, 1.807) is 0 Å². The highest BCUT2D eigenvalue weighted by atomic mass is 16.7. The average molecular weight is 236 g/mol. The molecule has 2 heterocycles. The van der Waals surface area contributed by atoms with Gasteiger partial charge in [-0.25, -0.2) is 0 Å². The van der Waals surface area contributed by atoms with Gasteiger partial charge in [-0.3, -0.25) is 0 Å². The third-order valence-corrected chi connectivity index (χ3v) is 5.14. The van der Waals surface area contributed by atoms with Crippen molar-refractivity contribution in [2.75, 3.05) is 0 Å². The lowest BCUT2D eigenvalue weighted by molar-refractivity contribution is -0.190. The lowest BCUT2D eigenvalue weighted by atomic mass is 9.60. The normalized spacial score (nSPS) is 47.8. The molecule has 2 nitrogen and oxygen atoms in total. The molecule has 2 heteroatoms. The Hall–Kier alpha value is -0.500. The summed E-state index contributed by atoms with van der Waals surface area (Å²) in [5.74, 6) is -0.359. The summed E-state index contributed by atoms with van der Waals surface area (Å²) in [5, 5.41) is 0. The third kappa shape index (κ3) is 1.72. The fraction of sp³-hybridized carbons (Fsp3) is 0.867. The lowest BCUT2D eigenvalue weighted by Gasteiger charge is -2.45. The van der Waals surface area contributed by atoms with Crippen molar-refractivity contribution >= 4 is 0 Å². The van der Waals surface area contributed by atoms with Crippen LogP contribution < -0.4 is 0 Å². The highest BCUT2D eigenvalue weighted by Gasteiger charge is 2.52. The standard InChI is InChI=1S/C15H24O2/c1-13(2)7-8-14(3)11(9-13)10-16-15(4)6-5-12(14)17-15/h10,12H,5-9H2,1-4H3/t12-,14+,15+/m0/s1. The minimum atomic E-state index is -0.359. The van der Waals surface area contributed by atoms with Crippen LogP contribution in [0.25, 0.3) is 0 Å². The highest BCUT2D eigenvalue weighted by Crippen LogP contribution is 2.56. The molecule has 1 saturated heterocycles. The van der Waals surface area contributed by atoms with Crippen LogP contribution >= 0.6 is 0 Å². The van der Waals surface area contributed by atoms with Crippen molar-refractivity contribution in [2.45, 2.75) is 71.7 Å². The van der Waals surface area contributed by atoms with Crippen molar-refractivity contribution < 1.29 is 9.47 Å². The molecule has 0 aromatic carbocycles. The van der Waals surface area contributed by atoms with Crippen LogP contribution in [0.15, 0.2) is 11.8 Å². The Morgan fingerprint density at radius 1 is 1.12 bits per heavy atom. The molecule has 0 radical (unpaired) electrons. The number of rotatable bonds is 0. The Kier molecular flexibility index (Phi) is 2.24. The van der Waals surface area contributed by atoms with Gasteiger partial charge in [-0.15, -0.1) is 0 Å². The van der Waals surface area contributed by atoms with Crippen LogP contribution in [0.3, 0.4) is 0 Å². The predicted molar refractivity (Wildman–Crippen MR) is 67.4 cm³/mol. The van der Waals surface area contributed by atoms with Crippen LogP contribution in [0.1, 0.15) is 59.8 Å². The molecular formula is C15H24O2. The first-order valence-corrected chi connectivity index (χ1v) is 6.88. The second-order valence-electron chi connectivity index (χ2n) is 7.30. The number of hydrogen-bond donors (Lipinski definition) is 0. The zero-order valence-electron chi connectivity index (χ0n) is 11.5. The van der Waals surface area contributed by atoms with Gasteiger partial charge in [0.25, 0.3) is 0 Å². The molecule has 3 rings (SSSR count). The fourth-order valence-electron chi connectivity index (χ4n) is 3.65. The number of hydrogen-bond acceptors (Lipinski definition) is 2. The van der Waals surface area contributed by atoms with E-state index < -0.39 is 0 Å². The molecule has 3 aliphatic rings. The lowest BCUT2D eigenvalue weighted by Crippen LogP contribution is -2.40. The summed E-state index contributed by atoms with van der Waals surface area (Å²) in [6.07, 6.45) is 8.23. The molecule has 0 amide bonds. The quantitative estimate of drug-likeness (QED) is 0.632. The van der Waals surface area contributed by atoms with Crippen molar-refractivity contribution in [2.24, 2.45) is 10.8 Å². The van der Waals surface area contributed by atoms with Gasteiger partial charge in [0.05, 0.1) is 12.4 Å². The van der Waals surface area contributed by atoms with E-state index in [0.717, 1.165) is 19.3 Å². The van der Waals surface area contributed by atoms with Crippen molar-refractivity contribution in [3.05, 3.63) is 11.8 Å². The van der Waals surface area contributed by atoms with Gasteiger partial charge in [0.1, 0.15) is 0 Å². The Balaban J connectivity index is 1.97. The topological polar surface area (TPSA) is 18.5 Å². The SMILES string of the molecule is CC1(C)CC[C@]2(C)C(=CO[C@@]3(C)CC[C@@H]2O3)C1. The molecule has 3 atom stereocenters. The van der Waals surface area contributed by atoms with Crippen LogP contribution in [-0.2, 0) is 9.47 Å². The van der Waals surface area contributed by atoms with Crippen LogP contribution in [0.4, 0.5) is 0 Å². The molecule has 1 aliphatic carbocycles. The molecule has 2 bridgehead atoms. The summed E-state index contributed by atoms with van der Waals surface area (Å²) < 4.78 is 12.1. The van der Waals surface area contributed by atoms with E-state index in [4.69, 9.17) is 9.47 Å². The Labute approximate surface area is 104 Å². The van der Waals surface area contributed by atoms with Gasteiger partial charge in [0.15, 0.2) is 0 Å². The number of fused-ring (bicyclic) bond motifs is 4. The van der Waals surface area contributed by atoms with Crippen molar-refractivity contribution in [1.29, 1.82) is 0 Å². The van der Waals surface area contributed by atoms with Crippen LogP contribution in [-0.4, -0.2) is 11.9 Å². The monoisotopic (exact) mass is 236 g/mol. The maximum absolute atomic E-state index is 6.18. The highest BCUT2D eigenvalue weighted by molar-refractivity contribution is 5.21. The number of ether oxygens (including phenoxy) is 2. The Morgan fingerprint density at radius 2 is 1.88 bits per heavy atom. The summed E-state index contributed by atoms with van der Waals surface area (Å²) >= 11 is 0. The molecule has 0 unspecified atom stereocenters. The van der Waals surface area contributed by atoms with Gasteiger partial charge in [0.2, 0.25) is 5.79 Å². The van der Waals surface area contributed by atoms with Gasteiger partial charge in [-0.2, -0.15) is 0 Å². The van der Waals surface area contributed by atoms with Crippen LogP contribution in [0.5, 0.6) is 0 Å². The van der Waals surface area contributed by atoms with Crippen molar-refractivity contribution in [3.63, 3.8) is 0 Å². The minimum Gasteiger partial charge on any atom is -0.470 e. The summed E-state index contributed by atoms with van der Waals surface area (Å²) in [6.45, 7) is 9.17. The molecule has 0 aromatic heterocycles. The van der Waals surface area contributed by atoms with E-state index in [-0.39, 0.29) is 11.2 Å². The summed E-state index contributed by atoms with van der Waals surface area (Å²) in [6, 6.07) is 0. The molecule has 17 heavy (non-hydrogen) atoms. The maximum Gasteiger partial charge on any atom is 0.207 e. The van der Waals surface area contributed by atoms with E-state index in [1.807, 2.05) is 6.26 Å². The largest absolute Gasteiger partial charge is 0.470 e. The van der Waals surface area contributed by atoms with E-state index in [0.29, 0.717) is 11.5 Å². The fourth-order valence-corrected chi connectivity index (χ4v) is 3.65. The molecule has 0 spiro atoms. The van der Waals surface area contributed by atoms with Crippen molar-refractivity contribution in [1.82, 2.24) is 0 Å². The van der Waals surface area contributed by atoms with E-state index in [1.165, 1.54) is 18.4 Å². The molecule has 0 N–H and O–H groups in total. The first-order valence-electron chi connectivity index (χ1n) is 6.88. The Morgan fingerprint density at radius 3 is 2.65 bits per heavy atom. The van der Waals surface area contributed by atoms with Crippen LogP contribution in [0.2, 0.25) is 0 Å². The maximum atomic E-state index is 6.18. The van der Waals surface area contributed by atoms with Gasteiger partial charge < -0.3 is 9.47 Å². The van der Waals surface area contributed by atoms with Crippen molar-refractivity contribution in [3.8, 4) is 0 Å². The predicted octanol–water partition coefficient (Wildman–Crippen LogP) is 4.01. The van der Waals surface area contributed by atoms with Gasteiger partial charge in [-0.1, -0.05) is 20.8 Å². The first kappa shape index (κ1) is 11.6.